The minimum Gasteiger partial charge on any atom is -0.224 e. The van der Waals surface area contributed by atoms with E-state index in [2.05, 4.69) is 0 Å². The van der Waals surface area contributed by atoms with Crippen molar-refractivity contribution in [3.8, 4) is 6.07 Å². The zero-order valence-electron chi connectivity index (χ0n) is 8.80. The molecule has 0 heterocycles. The lowest BCUT2D eigenvalue weighted by atomic mass is 10.2. The molecule has 1 aromatic rings. The summed E-state index contributed by atoms with van der Waals surface area (Å²) < 4.78 is 45.2. The van der Waals surface area contributed by atoms with Crippen molar-refractivity contribution >= 4 is 41.2 Å². The summed E-state index contributed by atoms with van der Waals surface area (Å²) in [6.07, 6.45) is 0. The molecule has 0 fully saturated rings. The van der Waals surface area contributed by atoms with Gasteiger partial charge in [-0.2, -0.15) is 5.26 Å². The fourth-order valence-electron chi connectivity index (χ4n) is 1.17. The van der Waals surface area contributed by atoms with E-state index in [4.69, 9.17) is 27.5 Å². The highest BCUT2D eigenvalue weighted by atomic mass is 35.7. The van der Waals surface area contributed by atoms with Crippen LogP contribution in [0.1, 0.15) is 5.56 Å². The average molecular weight is 328 g/mol. The maximum atomic E-state index is 11.9. The molecule has 0 atom stereocenters. The predicted octanol–water partition coefficient (Wildman–Crippen LogP) is 1.55. The third kappa shape index (κ3) is 4.14. The van der Waals surface area contributed by atoms with Crippen LogP contribution in [-0.4, -0.2) is 28.3 Å². The Morgan fingerprint density at radius 1 is 1.17 bits per heavy atom. The first-order valence-corrected chi connectivity index (χ1v) is 9.01. The summed E-state index contributed by atoms with van der Waals surface area (Å²) in [7, 11) is -2.90. The summed E-state index contributed by atoms with van der Waals surface area (Å²) in [5, 5.41) is 8.94. The Balaban J connectivity index is 3.21. The van der Waals surface area contributed by atoms with Crippen LogP contribution in [0.15, 0.2) is 23.1 Å². The fourth-order valence-corrected chi connectivity index (χ4v) is 4.62. The van der Waals surface area contributed by atoms with Crippen LogP contribution < -0.4 is 0 Å². The van der Waals surface area contributed by atoms with Gasteiger partial charge in [-0.05, 0) is 18.2 Å². The first-order chi connectivity index (χ1) is 8.15. The van der Waals surface area contributed by atoms with E-state index in [-0.39, 0.29) is 15.5 Å². The summed E-state index contributed by atoms with van der Waals surface area (Å²) in [6, 6.07) is 5.44. The number of hydrogen-bond acceptors (Lipinski definition) is 5. The number of nitrogens with zero attached hydrogens (tertiary/aromatic N) is 1. The van der Waals surface area contributed by atoms with Crippen molar-refractivity contribution < 1.29 is 16.8 Å². The summed E-state index contributed by atoms with van der Waals surface area (Å²) in [4.78, 5) is -0.294. The van der Waals surface area contributed by atoms with E-state index in [1.807, 2.05) is 0 Å². The van der Waals surface area contributed by atoms with Crippen molar-refractivity contribution in [1.29, 1.82) is 5.26 Å². The minimum atomic E-state index is -3.93. The zero-order chi connectivity index (χ0) is 14.0. The monoisotopic (exact) mass is 327 g/mol. The molecule has 98 valence electrons. The highest BCUT2D eigenvalue weighted by Gasteiger charge is 2.22. The number of halogens is 2. The van der Waals surface area contributed by atoms with Crippen molar-refractivity contribution in [3.63, 3.8) is 0 Å². The Morgan fingerprint density at radius 2 is 1.78 bits per heavy atom. The second kappa shape index (κ2) is 5.45. The van der Waals surface area contributed by atoms with E-state index >= 15 is 0 Å². The molecule has 18 heavy (non-hydrogen) atoms. The standard InChI is InChI=1S/C9H7Cl2NO4S2/c10-8-2-1-7(6-12)9(5-8)17(13,14)3-4-18(11,15)16/h1-2,5H,3-4H2. The Morgan fingerprint density at radius 3 is 2.28 bits per heavy atom. The van der Waals surface area contributed by atoms with Crippen LogP contribution in [0.3, 0.4) is 0 Å². The molecule has 0 aliphatic carbocycles. The van der Waals surface area contributed by atoms with Crippen molar-refractivity contribution in [1.82, 2.24) is 0 Å². The van der Waals surface area contributed by atoms with Crippen LogP contribution >= 0.6 is 22.3 Å². The molecule has 0 N–H and O–H groups in total. The van der Waals surface area contributed by atoms with E-state index in [9.17, 15) is 16.8 Å². The van der Waals surface area contributed by atoms with Crippen LogP contribution in [0, 0.1) is 11.3 Å². The molecule has 9 heteroatoms. The molecule has 0 amide bonds. The molecule has 1 aromatic carbocycles. The van der Waals surface area contributed by atoms with Gasteiger partial charge in [0.1, 0.15) is 6.07 Å². The van der Waals surface area contributed by atoms with Crippen molar-refractivity contribution in [2.75, 3.05) is 11.5 Å². The number of sulfone groups is 1. The van der Waals surface area contributed by atoms with E-state index in [1.165, 1.54) is 12.1 Å². The first-order valence-electron chi connectivity index (χ1n) is 4.50. The largest absolute Gasteiger partial charge is 0.233 e. The van der Waals surface area contributed by atoms with Gasteiger partial charge in [-0.1, -0.05) is 11.6 Å². The fraction of sp³-hybridized carbons (Fsp3) is 0.222. The first kappa shape index (κ1) is 15.2. The maximum Gasteiger partial charge on any atom is 0.233 e. The molecular formula is C9H7Cl2NO4S2. The van der Waals surface area contributed by atoms with Crippen LogP contribution in [-0.2, 0) is 18.9 Å². The Bertz CT molecular complexity index is 705. The van der Waals surface area contributed by atoms with Gasteiger partial charge in [0, 0.05) is 15.7 Å². The predicted molar refractivity (Wildman–Crippen MR) is 67.9 cm³/mol. The van der Waals surface area contributed by atoms with Gasteiger partial charge in [-0.25, -0.2) is 16.8 Å². The van der Waals surface area contributed by atoms with E-state index in [1.54, 1.807) is 6.07 Å². The molecule has 0 unspecified atom stereocenters. The molecule has 0 aromatic heterocycles. The molecule has 0 radical (unpaired) electrons. The third-order valence-electron chi connectivity index (χ3n) is 2.00. The molecule has 0 aliphatic heterocycles. The molecule has 1 rings (SSSR count). The second-order valence-corrected chi connectivity index (χ2v) is 8.72. The second-order valence-electron chi connectivity index (χ2n) is 3.31. The zero-order valence-corrected chi connectivity index (χ0v) is 11.9. The van der Waals surface area contributed by atoms with Gasteiger partial charge in [0.05, 0.1) is 22.0 Å². The Kier molecular flexibility index (Phi) is 4.61. The van der Waals surface area contributed by atoms with Crippen LogP contribution in [0.2, 0.25) is 5.02 Å². The van der Waals surface area contributed by atoms with Gasteiger partial charge in [0.2, 0.25) is 9.05 Å². The molecule has 0 aliphatic rings. The highest BCUT2D eigenvalue weighted by molar-refractivity contribution is 8.14. The van der Waals surface area contributed by atoms with Crippen molar-refractivity contribution in [2.24, 2.45) is 0 Å². The van der Waals surface area contributed by atoms with Crippen LogP contribution in [0.25, 0.3) is 0 Å². The topological polar surface area (TPSA) is 92.1 Å². The normalized spacial score (nSPS) is 12.1. The van der Waals surface area contributed by atoms with Gasteiger partial charge in [-0.3, -0.25) is 0 Å². The van der Waals surface area contributed by atoms with Gasteiger partial charge < -0.3 is 0 Å². The van der Waals surface area contributed by atoms with Gasteiger partial charge in [-0.15, -0.1) is 0 Å². The Labute approximate surface area is 114 Å². The SMILES string of the molecule is N#Cc1ccc(Cl)cc1S(=O)(=O)CCS(=O)(=O)Cl. The summed E-state index contributed by atoms with van der Waals surface area (Å²) in [5.74, 6) is -1.43. The van der Waals surface area contributed by atoms with Gasteiger partial charge in [0.25, 0.3) is 0 Å². The third-order valence-corrected chi connectivity index (χ3v) is 5.39. The van der Waals surface area contributed by atoms with E-state index in [0.29, 0.717) is 0 Å². The number of nitriles is 1. The summed E-state index contributed by atoms with van der Waals surface area (Å²) >= 11 is 5.65. The average Bonchev–Trinajstić information content (AvgIpc) is 2.26. The van der Waals surface area contributed by atoms with Crippen LogP contribution in [0.5, 0.6) is 0 Å². The number of benzene rings is 1. The summed E-state index contributed by atoms with van der Waals surface area (Å²) in [5.41, 5.74) is -0.0913. The number of hydrogen-bond donors (Lipinski definition) is 0. The highest BCUT2D eigenvalue weighted by Crippen LogP contribution is 2.21. The smallest absolute Gasteiger partial charge is 0.224 e. The van der Waals surface area contributed by atoms with Gasteiger partial charge in [0.15, 0.2) is 9.84 Å². The molecule has 5 nitrogen and oxygen atoms in total. The maximum absolute atomic E-state index is 11.9. The molecule has 0 saturated carbocycles. The van der Waals surface area contributed by atoms with Gasteiger partial charge >= 0.3 is 0 Å². The quantitative estimate of drug-likeness (QED) is 0.782. The molecule has 0 saturated heterocycles. The number of rotatable bonds is 4. The lowest BCUT2D eigenvalue weighted by Gasteiger charge is -2.05. The van der Waals surface area contributed by atoms with E-state index < -0.39 is 30.4 Å². The lowest BCUT2D eigenvalue weighted by Crippen LogP contribution is -2.15. The Hall–Kier alpha value is -0.810. The minimum absolute atomic E-state index is 0.0913. The van der Waals surface area contributed by atoms with E-state index in [0.717, 1.165) is 6.07 Å². The van der Waals surface area contributed by atoms with Crippen molar-refractivity contribution in [3.05, 3.63) is 28.8 Å². The molecule has 0 spiro atoms. The molecular weight excluding hydrogens is 321 g/mol. The lowest BCUT2D eigenvalue weighted by molar-refractivity contribution is 0.592. The summed E-state index contributed by atoms with van der Waals surface area (Å²) in [6.45, 7) is 0. The van der Waals surface area contributed by atoms with Crippen LogP contribution in [0.4, 0.5) is 0 Å². The van der Waals surface area contributed by atoms with Crippen molar-refractivity contribution in [2.45, 2.75) is 4.90 Å². The molecule has 0 bridgehead atoms.